The number of nitrogens with one attached hydrogen (secondary N) is 2. The number of aliphatic imine (C=N–C) groups is 1. The van der Waals surface area contributed by atoms with Crippen molar-refractivity contribution in [3.05, 3.63) is 71.0 Å². The second-order valence-electron chi connectivity index (χ2n) is 6.67. The average molecular weight is 482 g/mol. The number of nitrogens with zero attached hydrogens (tertiary/aromatic N) is 2. The van der Waals surface area contributed by atoms with E-state index < -0.39 is 0 Å². The van der Waals surface area contributed by atoms with Gasteiger partial charge in [0, 0.05) is 32.2 Å². The summed E-state index contributed by atoms with van der Waals surface area (Å²) in [5.41, 5.74) is 3.18. The number of hydrogen-bond acceptors (Lipinski definition) is 2. The van der Waals surface area contributed by atoms with Crippen molar-refractivity contribution >= 4 is 29.9 Å². The highest BCUT2D eigenvalue weighted by molar-refractivity contribution is 14.0. The summed E-state index contributed by atoms with van der Waals surface area (Å²) >= 11 is 0. The fraction of sp³-hybridized carbons (Fsp3) is 0.381. The van der Waals surface area contributed by atoms with Gasteiger partial charge >= 0.3 is 0 Å². The molecule has 1 aliphatic heterocycles. The second-order valence-corrected chi connectivity index (χ2v) is 6.67. The molecule has 0 spiro atoms. The minimum absolute atomic E-state index is 0. The number of guanidine groups is 1. The molecule has 1 saturated heterocycles. The quantitative estimate of drug-likeness (QED) is 0.373. The summed E-state index contributed by atoms with van der Waals surface area (Å²) < 4.78 is 13.7. The average Bonchev–Trinajstić information content (AvgIpc) is 3.17. The zero-order valence-electron chi connectivity index (χ0n) is 15.7. The van der Waals surface area contributed by atoms with Crippen LogP contribution in [-0.4, -0.2) is 31.0 Å². The largest absolute Gasteiger partial charge is 0.352 e. The van der Waals surface area contributed by atoms with Gasteiger partial charge in [0.05, 0.1) is 0 Å². The van der Waals surface area contributed by atoms with Crippen molar-refractivity contribution in [3.63, 3.8) is 0 Å². The molecule has 146 valence electrons. The number of hydrogen-bond donors (Lipinski definition) is 2. The second kappa shape index (κ2) is 11.2. The van der Waals surface area contributed by atoms with Crippen LogP contribution in [0.4, 0.5) is 4.39 Å². The lowest BCUT2D eigenvalue weighted by molar-refractivity contribution is 0.331. The monoisotopic (exact) mass is 482 g/mol. The molecule has 2 N–H and O–H groups in total. The Morgan fingerprint density at radius 3 is 2.26 bits per heavy atom. The fourth-order valence-electron chi connectivity index (χ4n) is 3.19. The van der Waals surface area contributed by atoms with Crippen molar-refractivity contribution < 1.29 is 4.39 Å². The van der Waals surface area contributed by atoms with Gasteiger partial charge in [0.25, 0.3) is 0 Å². The molecule has 3 rings (SSSR count). The Balaban J connectivity index is 0.00000261. The van der Waals surface area contributed by atoms with Crippen molar-refractivity contribution in [1.82, 2.24) is 15.5 Å². The molecule has 2 aromatic rings. The normalized spacial score (nSPS) is 14.7. The van der Waals surface area contributed by atoms with Crippen LogP contribution < -0.4 is 10.6 Å². The van der Waals surface area contributed by atoms with Crippen LogP contribution >= 0.6 is 24.0 Å². The standard InChI is InChI=1S/C21H27FN4.HI/c1-23-21(25-15-19-6-2-3-7-20(19)22)24-14-17-8-10-18(11-9-17)16-26-12-4-5-13-26;/h2-3,6-11H,4-5,12-16H2,1H3,(H2,23,24,25);1H. The Morgan fingerprint density at radius 1 is 0.963 bits per heavy atom. The molecule has 0 bridgehead atoms. The van der Waals surface area contributed by atoms with Gasteiger partial charge in [-0.25, -0.2) is 4.39 Å². The van der Waals surface area contributed by atoms with Crippen LogP contribution in [0.3, 0.4) is 0 Å². The van der Waals surface area contributed by atoms with E-state index in [0.717, 1.165) is 6.54 Å². The lowest BCUT2D eigenvalue weighted by Gasteiger charge is -2.15. The summed E-state index contributed by atoms with van der Waals surface area (Å²) in [5.74, 6) is 0.457. The highest BCUT2D eigenvalue weighted by Crippen LogP contribution is 2.13. The Labute approximate surface area is 178 Å². The van der Waals surface area contributed by atoms with Crippen molar-refractivity contribution in [2.75, 3.05) is 20.1 Å². The maximum atomic E-state index is 13.7. The predicted octanol–water partition coefficient (Wildman–Crippen LogP) is 3.90. The van der Waals surface area contributed by atoms with E-state index in [9.17, 15) is 4.39 Å². The first-order valence-corrected chi connectivity index (χ1v) is 9.22. The van der Waals surface area contributed by atoms with Gasteiger partial charge in [0.15, 0.2) is 5.96 Å². The van der Waals surface area contributed by atoms with E-state index in [1.54, 1.807) is 19.2 Å². The van der Waals surface area contributed by atoms with Gasteiger partial charge in [-0.05, 0) is 43.1 Å². The van der Waals surface area contributed by atoms with Crippen LogP contribution in [0.1, 0.15) is 29.5 Å². The lowest BCUT2D eigenvalue weighted by atomic mass is 10.1. The molecular weight excluding hydrogens is 454 g/mol. The van der Waals surface area contributed by atoms with E-state index in [-0.39, 0.29) is 29.8 Å². The van der Waals surface area contributed by atoms with Crippen LogP contribution in [0, 0.1) is 5.82 Å². The van der Waals surface area contributed by atoms with E-state index in [4.69, 9.17) is 0 Å². The van der Waals surface area contributed by atoms with E-state index in [0.29, 0.717) is 24.6 Å². The highest BCUT2D eigenvalue weighted by Gasteiger charge is 2.11. The van der Waals surface area contributed by atoms with E-state index >= 15 is 0 Å². The highest BCUT2D eigenvalue weighted by atomic mass is 127. The van der Waals surface area contributed by atoms with Crippen LogP contribution in [0.5, 0.6) is 0 Å². The molecule has 0 unspecified atom stereocenters. The van der Waals surface area contributed by atoms with Crippen molar-refractivity contribution in [1.29, 1.82) is 0 Å². The Kier molecular flexibility index (Phi) is 9.00. The number of halogens is 2. The van der Waals surface area contributed by atoms with Crippen molar-refractivity contribution in [3.8, 4) is 0 Å². The summed E-state index contributed by atoms with van der Waals surface area (Å²) in [6, 6.07) is 15.5. The first-order valence-electron chi connectivity index (χ1n) is 9.22. The maximum absolute atomic E-state index is 13.7. The number of rotatable bonds is 6. The lowest BCUT2D eigenvalue weighted by Crippen LogP contribution is -2.36. The third-order valence-electron chi connectivity index (χ3n) is 4.72. The Hall–Kier alpha value is -1.67. The van der Waals surface area contributed by atoms with Gasteiger partial charge in [-0.1, -0.05) is 42.5 Å². The van der Waals surface area contributed by atoms with E-state index in [1.165, 1.54) is 43.1 Å². The summed E-state index contributed by atoms with van der Waals surface area (Å²) in [5, 5.41) is 6.42. The number of likely N-dealkylation sites (tertiary alicyclic amines) is 1. The molecular formula is C21H28FIN4. The molecule has 2 aromatic carbocycles. The minimum Gasteiger partial charge on any atom is -0.352 e. The van der Waals surface area contributed by atoms with Gasteiger partial charge in [0.2, 0.25) is 0 Å². The van der Waals surface area contributed by atoms with Crippen LogP contribution in [0.15, 0.2) is 53.5 Å². The van der Waals surface area contributed by atoms with Gasteiger partial charge in [-0.15, -0.1) is 24.0 Å². The smallest absolute Gasteiger partial charge is 0.191 e. The molecule has 4 nitrogen and oxygen atoms in total. The Bertz CT molecular complexity index is 727. The molecule has 0 atom stereocenters. The predicted molar refractivity (Wildman–Crippen MR) is 120 cm³/mol. The summed E-state index contributed by atoms with van der Waals surface area (Å²) in [4.78, 5) is 6.70. The zero-order chi connectivity index (χ0) is 18.2. The summed E-state index contributed by atoms with van der Waals surface area (Å²) in [6.07, 6.45) is 2.64. The van der Waals surface area contributed by atoms with Crippen molar-refractivity contribution in [2.45, 2.75) is 32.5 Å². The van der Waals surface area contributed by atoms with Gasteiger partial charge in [0.1, 0.15) is 5.82 Å². The molecule has 0 aliphatic carbocycles. The summed E-state index contributed by atoms with van der Waals surface area (Å²) in [7, 11) is 1.72. The minimum atomic E-state index is -0.205. The molecule has 0 radical (unpaired) electrons. The van der Waals surface area contributed by atoms with Gasteiger partial charge in [-0.3, -0.25) is 9.89 Å². The molecule has 0 amide bonds. The van der Waals surface area contributed by atoms with Crippen molar-refractivity contribution in [2.24, 2.45) is 4.99 Å². The third kappa shape index (κ3) is 6.77. The van der Waals surface area contributed by atoms with Crippen LogP contribution in [0.25, 0.3) is 0 Å². The first-order chi connectivity index (χ1) is 12.7. The van der Waals surface area contributed by atoms with E-state index in [1.807, 2.05) is 6.07 Å². The number of benzene rings is 2. The fourth-order valence-corrected chi connectivity index (χ4v) is 3.19. The molecule has 0 saturated carbocycles. The van der Waals surface area contributed by atoms with Gasteiger partial charge < -0.3 is 10.6 Å². The maximum Gasteiger partial charge on any atom is 0.191 e. The molecule has 1 fully saturated rings. The SMILES string of the molecule is CN=C(NCc1ccc(CN2CCCC2)cc1)NCc1ccccc1F.I. The molecule has 0 aromatic heterocycles. The third-order valence-corrected chi connectivity index (χ3v) is 4.72. The first kappa shape index (κ1) is 21.6. The van der Waals surface area contributed by atoms with Crippen LogP contribution in [-0.2, 0) is 19.6 Å². The molecule has 1 aliphatic rings. The Morgan fingerprint density at radius 2 is 1.59 bits per heavy atom. The topological polar surface area (TPSA) is 39.7 Å². The molecule has 27 heavy (non-hydrogen) atoms. The molecule has 6 heteroatoms. The van der Waals surface area contributed by atoms with E-state index in [2.05, 4.69) is 44.8 Å². The zero-order valence-corrected chi connectivity index (χ0v) is 18.1. The van der Waals surface area contributed by atoms with Gasteiger partial charge in [-0.2, -0.15) is 0 Å². The summed E-state index contributed by atoms with van der Waals surface area (Å²) in [6.45, 7) is 4.56. The van der Waals surface area contributed by atoms with Crippen LogP contribution in [0.2, 0.25) is 0 Å². The molecule has 1 heterocycles.